The van der Waals surface area contributed by atoms with Crippen LogP contribution in [0.3, 0.4) is 0 Å². The molecule has 0 aliphatic carbocycles. The quantitative estimate of drug-likeness (QED) is 0.731. The Labute approximate surface area is 109 Å². The molecule has 3 nitrogen and oxygen atoms in total. The van der Waals surface area contributed by atoms with E-state index in [9.17, 15) is 5.11 Å². The first-order valence-electron chi connectivity index (χ1n) is 6.27. The van der Waals surface area contributed by atoms with Crippen molar-refractivity contribution in [3.05, 3.63) is 42.0 Å². The van der Waals surface area contributed by atoms with Gasteiger partial charge in [-0.2, -0.15) is 0 Å². The zero-order chi connectivity index (χ0) is 13.4. The highest BCUT2D eigenvalue weighted by molar-refractivity contribution is 5.28. The lowest BCUT2D eigenvalue weighted by molar-refractivity contribution is 0.181. The van der Waals surface area contributed by atoms with Crippen LogP contribution >= 0.6 is 0 Å². The molecule has 3 heteroatoms. The van der Waals surface area contributed by atoms with Crippen molar-refractivity contribution >= 4 is 0 Å². The minimum Gasteiger partial charge on any atom is -0.497 e. The van der Waals surface area contributed by atoms with E-state index >= 15 is 0 Å². The van der Waals surface area contributed by atoms with Gasteiger partial charge in [-0.1, -0.05) is 31.2 Å². The number of aliphatic hydroxyl groups is 2. The van der Waals surface area contributed by atoms with Crippen molar-refractivity contribution in [2.45, 2.75) is 25.9 Å². The van der Waals surface area contributed by atoms with E-state index in [2.05, 4.69) is 0 Å². The number of benzene rings is 1. The number of rotatable bonds is 7. The first-order chi connectivity index (χ1) is 8.67. The third-order valence-electron chi connectivity index (χ3n) is 2.91. The molecule has 2 atom stereocenters. The molecule has 0 spiro atoms. The molecule has 1 rings (SSSR count). The Morgan fingerprint density at radius 3 is 2.50 bits per heavy atom. The third kappa shape index (κ3) is 4.90. The van der Waals surface area contributed by atoms with Crippen LogP contribution in [0.4, 0.5) is 0 Å². The largest absolute Gasteiger partial charge is 0.497 e. The summed E-state index contributed by atoms with van der Waals surface area (Å²) < 4.78 is 5.07. The number of ether oxygens (including phenoxy) is 1. The Morgan fingerprint density at radius 2 is 1.94 bits per heavy atom. The van der Waals surface area contributed by atoms with Crippen molar-refractivity contribution in [3.8, 4) is 5.75 Å². The van der Waals surface area contributed by atoms with Gasteiger partial charge in [0.15, 0.2) is 0 Å². The van der Waals surface area contributed by atoms with E-state index in [1.54, 1.807) is 7.11 Å². The van der Waals surface area contributed by atoms with Crippen LogP contribution in [0, 0.1) is 5.92 Å². The van der Waals surface area contributed by atoms with Crippen LogP contribution in [-0.4, -0.2) is 23.9 Å². The summed E-state index contributed by atoms with van der Waals surface area (Å²) in [6, 6.07) is 7.43. The molecule has 0 aromatic heterocycles. The second-order valence-corrected chi connectivity index (χ2v) is 4.44. The van der Waals surface area contributed by atoms with E-state index in [1.807, 2.05) is 43.3 Å². The molecule has 0 unspecified atom stereocenters. The molecule has 100 valence electrons. The maximum absolute atomic E-state index is 9.99. The SMILES string of the molecule is COc1ccc([C@H](O)C/C=C\[C@H](C)CCO)cc1. The lowest BCUT2D eigenvalue weighted by Gasteiger charge is -2.09. The fourth-order valence-corrected chi connectivity index (χ4v) is 1.70. The second-order valence-electron chi connectivity index (χ2n) is 4.44. The van der Waals surface area contributed by atoms with Crippen molar-refractivity contribution in [1.29, 1.82) is 0 Å². The van der Waals surface area contributed by atoms with E-state index < -0.39 is 6.10 Å². The zero-order valence-corrected chi connectivity index (χ0v) is 11.0. The van der Waals surface area contributed by atoms with Gasteiger partial charge in [-0.15, -0.1) is 0 Å². The van der Waals surface area contributed by atoms with Gasteiger partial charge in [-0.25, -0.2) is 0 Å². The maximum Gasteiger partial charge on any atom is 0.118 e. The smallest absolute Gasteiger partial charge is 0.118 e. The zero-order valence-electron chi connectivity index (χ0n) is 11.0. The van der Waals surface area contributed by atoms with Gasteiger partial charge in [0.2, 0.25) is 0 Å². The highest BCUT2D eigenvalue weighted by Crippen LogP contribution is 2.20. The molecular weight excluding hydrogens is 228 g/mol. The summed E-state index contributed by atoms with van der Waals surface area (Å²) in [4.78, 5) is 0. The van der Waals surface area contributed by atoms with Gasteiger partial charge in [0.05, 0.1) is 13.2 Å². The number of aliphatic hydroxyl groups excluding tert-OH is 2. The Kier molecular flexibility index (Phi) is 6.47. The highest BCUT2D eigenvalue weighted by Gasteiger charge is 2.05. The van der Waals surface area contributed by atoms with Gasteiger partial charge in [-0.3, -0.25) is 0 Å². The monoisotopic (exact) mass is 250 g/mol. The first kappa shape index (κ1) is 14.7. The standard InChI is InChI=1S/C15H22O3/c1-12(10-11-16)4-3-5-15(17)13-6-8-14(18-2)9-7-13/h3-4,6-9,12,15-17H,5,10-11H2,1-2H3/b4-3-/t12-,15+/m0/s1. The summed E-state index contributed by atoms with van der Waals surface area (Å²) in [5, 5.41) is 18.8. The van der Waals surface area contributed by atoms with Crippen molar-refractivity contribution in [1.82, 2.24) is 0 Å². The van der Waals surface area contributed by atoms with Crippen molar-refractivity contribution in [3.63, 3.8) is 0 Å². The van der Waals surface area contributed by atoms with Gasteiger partial charge in [-0.05, 0) is 36.5 Å². The molecule has 0 saturated carbocycles. The van der Waals surface area contributed by atoms with Crippen molar-refractivity contribution in [2.24, 2.45) is 5.92 Å². The van der Waals surface area contributed by atoms with E-state index in [1.165, 1.54) is 0 Å². The van der Waals surface area contributed by atoms with Crippen LogP contribution in [0.1, 0.15) is 31.4 Å². The van der Waals surface area contributed by atoms with Gasteiger partial charge in [0.1, 0.15) is 5.75 Å². The van der Waals surface area contributed by atoms with Crippen LogP contribution < -0.4 is 4.74 Å². The topological polar surface area (TPSA) is 49.7 Å². The second kappa shape index (κ2) is 7.90. The average Bonchev–Trinajstić information content (AvgIpc) is 2.39. The van der Waals surface area contributed by atoms with Crippen LogP contribution in [0.2, 0.25) is 0 Å². The highest BCUT2D eigenvalue weighted by atomic mass is 16.5. The minimum atomic E-state index is -0.492. The summed E-state index contributed by atoms with van der Waals surface area (Å²) in [5.41, 5.74) is 0.885. The summed E-state index contributed by atoms with van der Waals surface area (Å²) in [5.74, 6) is 1.14. The minimum absolute atomic E-state index is 0.201. The number of methoxy groups -OCH3 is 1. The molecule has 0 fully saturated rings. The number of hydrogen-bond donors (Lipinski definition) is 2. The molecular formula is C15H22O3. The van der Waals surface area contributed by atoms with E-state index in [0.717, 1.165) is 17.7 Å². The summed E-state index contributed by atoms with van der Waals surface area (Å²) in [6.45, 7) is 2.25. The van der Waals surface area contributed by atoms with Gasteiger partial charge < -0.3 is 14.9 Å². The van der Waals surface area contributed by atoms with Gasteiger partial charge in [0.25, 0.3) is 0 Å². The van der Waals surface area contributed by atoms with Crippen molar-refractivity contribution < 1.29 is 14.9 Å². The lowest BCUT2D eigenvalue weighted by atomic mass is 10.0. The van der Waals surface area contributed by atoms with Crippen LogP contribution in [-0.2, 0) is 0 Å². The first-order valence-corrected chi connectivity index (χ1v) is 6.27. The van der Waals surface area contributed by atoms with E-state index in [0.29, 0.717) is 12.3 Å². The molecule has 18 heavy (non-hydrogen) atoms. The molecule has 0 aliphatic heterocycles. The predicted molar refractivity (Wildman–Crippen MR) is 72.6 cm³/mol. The molecule has 0 heterocycles. The van der Waals surface area contributed by atoms with Crippen molar-refractivity contribution in [2.75, 3.05) is 13.7 Å². The molecule has 0 aliphatic rings. The van der Waals surface area contributed by atoms with E-state index in [-0.39, 0.29) is 6.61 Å². The molecule has 0 amide bonds. The summed E-state index contributed by atoms with van der Waals surface area (Å²) in [6.07, 6.45) is 4.85. The molecule has 1 aromatic carbocycles. The van der Waals surface area contributed by atoms with Crippen LogP contribution in [0.5, 0.6) is 5.75 Å². The third-order valence-corrected chi connectivity index (χ3v) is 2.91. The summed E-state index contributed by atoms with van der Waals surface area (Å²) >= 11 is 0. The lowest BCUT2D eigenvalue weighted by Crippen LogP contribution is -1.97. The molecule has 0 bridgehead atoms. The molecule has 1 aromatic rings. The molecule has 0 saturated heterocycles. The molecule has 0 radical (unpaired) electrons. The molecule has 2 N–H and O–H groups in total. The van der Waals surface area contributed by atoms with Gasteiger partial charge in [0, 0.05) is 6.61 Å². The average molecular weight is 250 g/mol. The van der Waals surface area contributed by atoms with Crippen LogP contribution in [0.15, 0.2) is 36.4 Å². The Morgan fingerprint density at radius 1 is 1.28 bits per heavy atom. The maximum atomic E-state index is 9.99. The number of allylic oxidation sites excluding steroid dienone is 1. The van der Waals surface area contributed by atoms with Gasteiger partial charge >= 0.3 is 0 Å². The fraction of sp³-hybridized carbons (Fsp3) is 0.467. The Hall–Kier alpha value is -1.32. The number of hydrogen-bond acceptors (Lipinski definition) is 3. The predicted octanol–water partition coefficient (Wildman–Crippen LogP) is 2.69. The van der Waals surface area contributed by atoms with Crippen LogP contribution in [0.25, 0.3) is 0 Å². The fourth-order valence-electron chi connectivity index (χ4n) is 1.70. The van der Waals surface area contributed by atoms with E-state index in [4.69, 9.17) is 9.84 Å². The Balaban J connectivity index is 2.46. The normalized spacial score (nSPS) is 14.7. The Bertz CT molecular complexity index is 357. The summed E-state index contributed by atoms with van der Waals surface area (Å²) in [7, 11) is 1.62.